The quantitative estimate of drug-likeness (QED) is 0.0382. The smallest absolute Gasteiger partial charge is 0.346 e. The number of hydrogen-bond donors (Lipinski definition) is 4. The van der Waals surface area contributed by atoms with Gasteiger partial charge in [0.15, 0.2) is 11.6 Å². The Morgan fingerprint density at radius 3 is 1.10 bits per heavy atom. The van der Waals surface area contributed by atoms with Crippen molar-refractivity contribution in [2.45, 2.75) is 0 Å². The van der Waals surface area contributed by atoms with E-state index >= 15 is 0 Å². The number of fused-ring (bicyclic) bond motifs is 2. The van der Waals surface area contributed by atoms with Gasteiger partial charge in [-0.2, -0.15) is 4.79 Å². The van der Waals surface area contributed by atoms with Crippen LogP contribution in [-0.4, -0.2) is 90.2 Å². The average molecular weight is 797 g/mol. The van der Waals surface area contributed by atoms with Gasteiger partial charge in [-0.1, -0.05) is 30.3 Å². The molecule has 0 unspecified atom stereocenters. The summed E-state index contributed by atoms with van der Waals surface area (Å²) in [5.74, 6) is -10.1. The summed E-state index contributed by atoms with van der Waals surface area (Å²) in [6.07, 6.45) is 0. The van der Waals surface area contributed by atoms with Crippen molar-refractivity contribution < 1.29 is 82.6 Å². The van der Waals surface area contributed by atoms with E-state index < -0.39 is 81.6 Å². The van der Waals surface area contributed by atoms with Crippen LogP contribution in [0.1, 0.15) is 126 Å². The fraction of sp³-hybridized carbons (Fsp3) is 0. The van der Waals surface area contributed by atoms with Crippen molar-refractivity contribution >= 4 is 65.0 Å². The van der Waals surface area contributed by atoms with Crippen LogP contribution in [0.2, 0.25) is 0 Å². The normalized spacial score (nSPS) is 12.1. The molecule has 18 heteroatoms. The molecular formula is C41H20N2O16. The Labute approximate surface area is 327 Å². The number of ketones is 2. The molecular weight excluding hydrogens is 776 g/mol. The highest BCUT2D eigenvalue weighted by molar-refractivity contribution is 6.19. The van der Waals surface area contributed by atoms with Crippen LogP contribution in [0.5, 0.6) is 0 Å². The highest BCUT2D eigenvalue weighted by Gasteiger charge is 2.32. The molecule has 290 valence electrons. The third-order valence-electron chi connectivity index (χ3n) is 8.81. The first-order valence-electron chi connectivity index (χ1n) is 16.4. The lowest BCUT2D eigenvalue weighted by molar-refractivity contribution is -0.00286. The van der Waals surface area contributed by atoms with E-state index in [-0.39, 0.29) is 61.3 Å². The summed E-state index contributed by atoms with van der Waals surface area (Å²) in [5, 5.41) is 36.4. The molecule has 59 heavy (non-hydrogen) atoms. The Balaban J connectivity index is 0.000000202. The summed E-state index contributed by atoms with van der Waals surface area (Å²) in [5.41, 5.74) is 7.76. The summed E-state index contributed by atoms with van der Waals surface area (Å²) in [6.45, 7) is 0. The fourth-order valence-electron chi connectivity index (χ4n) is 5.98. The van der Waals surface area contributed by atoms with Crippen molar-refractivity contribution in [3.63, 3.8) is 0 Å². The molecule has 5 aromatic rings. The van der Waals surface area contributed by atoms with Gasteiger partial charge in [0.1, 0.15) is 0 Å². The van der Waals surface area contributed by atoms with Crippen LogP contribution >= 0.6 is 0 Å². The Morgan fingerprint density at radius 1 is 0.407 bits per heavy atom. The number of carboxylic acid groups (broad SMARTS) is 4. The Bertz CT molecular complexity index is 2680. The first kappa shape index (κ1) is 39.7. The molecule has 0 bridgehead atoms. The standard InChI is InChI=1S/C24H10O8.C17H10N2O8/c25-19(13-4-6-15-17(9-13)23(29)31-21(15)27)11-2-1-3-12(8-11)20(26)14-5-7-16-18(10-14)24(30)32-22(16)28;18-19-13(7-1-3-9(14(20)21)11(5-7)16(24)25)8-2-4-10(15(22)23)12(6-8)17(26)27/h1-10H;1-6H,(H,20,21)(H,22,23)(H,24,25)(H,26,27). The minimum absolute atomic E-state index is 0.00709. The van der Waals surface area contributed by atoms with Gasteiger partial charge in [-0.3, -0.25) is 9.59 Å². The maximum absolute atomic E-state index is 12.9. The van der Waals surface area contributed by atoms with E-state index in [1.807, 2.05) is 0 Å². The van der Waals surface area contributed by atoms with E-state index in [2.05, 4.69) is 14.3 Å². The van der Waals surface area contributed by atoms with Gasteiger partial charge in [-0.05, 0) is 66.7 Å². The van der Waals surface area contributed by atoms with Crippen molar-refractivity contribution in [2.24, 2.45) is 0 Å². The Morgan fingerprint density at radius 2 is 0.746 bits per heavy atom. The van der Waals surface area contributed by atoms with Crippen LogP contribution < -0.4 is 0 Å². The number of benzene rings is 5. The molecule has 0 radical (unpaired) electrons. The van der Waals surface area contributed by atoms with Crippen molar-refractivity contribution in [3.8, 4) is 0 Å². The van der Waals surface area contributed by atoms with Gasteiger partial charge in [0.05, 0.1) is 55.6 Å². The summed E-state index contributed by atoms with van der Waals surface area (Å²) in [6, 6.07) is 20.2. The van der Waals surface area contributed by atoms with Gasteiger partial charge in [0.25, 0.3) is 0 Å². The SMILES string of the molecule is O=C(c1cccc(C(=O)c2ccc3c(c2)C(=O)OC3=O)c1)c1ccc2c(c1)C(=O)OC2=O.[N-]=[N+]=C(c1ccc(C(=O)O)c(C(=O)O)c1)c1ccc(C(=O)O)c(C(=O)O)c1. The first-order valence-corrected chi connectivity index (χ1v) is 16.4. The number of aromatic carboxylic acids is 4. The third kappa shape index (κ3) is 7.64. The fourth-order valence-corrected chi connectivity index (χ4v) is 5.98. The second kappa shape index (κ2) is 15.6. The number of rotatable bonds is 10. The van der Waals surface area contributed by atoms with E-state index in [0.29, 0.717) is 0 Å². The van der Waals surface area contributed by atoms with Crippen molar-refractivity contribution in [3.05, 3.63) is 180 Å². The first-order chi connectivity index (χ1) is 28.0. The average Bonchev–Trinajstić information content (AvgIpc) is 3.68. The highest BCUT2D eigenvalue weighted by Crippen LogP contribution is 2.26. The summed E-state index contributed by atoms with van der Waals surface area (Å²) < 4.78 is 9.06. The molecule has 18 nitrogen and oxygen atoms in total. The van der Waals surface area contributed by atoms with Crippen LogP contribution in [0.4, 0.5) is 0 Å². The summed E-state index contributed by atoms with van der Waals surface area (Å²) in [7, 11) is 0. The van der Waals surface area contributed by atoms with Crippen LogP contribution in [0.3, 0.4) is 0 Å². The number of carbonyl (C=O) groups excluding carboxylic acids is 6. The molecule has 2 aliphatic rings. The summed E-state index contributed by atoms with van der Waals surface area (Å²) in [4.78, 5) is 120. The van der Waals surface area contributed by atoms with E-state index in [4.69, 9.17) is 20.4 Å². The molecule has 2 aliphatic heterocycles. The molecule has 2 heterocycles. The lowest BCUT2D eigenvalue weighted by Crippen LogP contribution is -2.14. The maximum Gasteiger partial charge on any atom is 0.346 e. The molecule has 7 rings (SSSR count). The van der Waals surface area contributed by atoms with E-state index in [1.54, 1.807) is 0 Å². The lowest BCUT2D eigenvalue weighted by Gasteiger charge is -2.06. The predicted octanol–water partition coefficient (Wildman–Crippen LogP) is 4.32. The maximum atomic E-state index is 12.9. The monoisotopic (exact) mass is 796 g/mol. The van der Waals surface area contributed by atoms with E-state index in [0.717, 1.165) is 24.3 Å². The van der Waals surface area contributed by atoms with Gasteiger partial charge < -0.3 is 35.4 Å². The topological polar surface area (TPSA) is 306 Å². The van der Waals surface area contributed by atoms with Crippen LogP contribution in [0.25, 0.3) is 5.53 Å². The predicted molar refractivity (Wildman–Crippen MR) is 193 cm³/mol. The zero-order chi connectivity index (χ0) is 42.9. The van der Waals surface area contributed by atoms with E-state index in [9.17, 15) is 53.5 Å². The Kier molecular flexibility index (Phi) is 10.5. The number of cyclic esters (lactones) is 4. The molecule has 0 spiro atoms. The van der Waals surface area contributed by atoms with Gasteiger partial charge in [-0.15, -0.1) is 0 Å². The number of esters is 4. The van der Waals surface area contributed by atoms with Crippen LogP contribution in [0, 0.1) is 0 Å². The molecule has 5 aromatic carbocycles. The number of hydrogen-bond acceptors (Lipinski definition) is 12. The number of ether oxygens (including phenoxy) is 2. The molecule has 0 amide bonds. The van der Waals surface area contributed by atoms with Gasteiger partial charge in [0.2, 0.25) is 0 Å². The van der Waals surface area contributed by atoms with Gasteiger partial charge >= 0.3 is 53.5 Å². The summed E-state index contributed by atoms with van der Waals surface area (Å²) >= 11 is 0. The van der Waals surface area contributed by atoms with Crippen molar-refractivity contribution in [1.82, 2.24) is 0 Å². The van der Waals surface area contributed by atoms with Crippen LogP contribution in [-0.2, 0) is 9.47 Å². The largest absolute Gasteiger partial charge is 0.478 e. The van der Waals surface area contributed by atoms with Crippen molar-refractivity contribution in [2.75, 3.05) is 0 Å². The molecule has 0 atom stereocenters. The minimum Gasteiger partial charge on any atom is -0.478 e. The molecule has 0 fully saturated rings. The number of nitrogens with zero attached hydrogens (tertiary/aromatic N) is 2. The molecule has 0 saturated heterocycles. The zero-order valence-corrected chi connectivity index (χ0v) is 29.3. The van der Waals surface area contributed by atoms with Crippen molar-refractivity contribution in [1.29, 1.82) is 0 Å². The second-order valence-electron chi connectivity index (χ2n) is 12.3. The van der Waals surface area contributed by atoms with Crippen LogP contribution in [0.15, 0.2) is 97.1 Å². The molecule has 0 aromatic heterocycles. The number of carboxylic acids is 4. The highest BCUT2D eigenvalue weighted by atomic mass is 16.6. The molecule has 0 saturated carbocycles. The Hall–Kier alpha value is -9.02. The molecule has 4 N–H and O–H groups in total. The zero-order valence-electron chi connectivity index (χ0n) is 29.3. The lowest BCUT2D eigenvalue weighted by atomic mass is 9.95. The minimum atomic E-state index is -1.53. The third-order valence-corrected chi connectivity index (χ3v) is 8.81. The molecule has 0 aliphatic carbocycles. The second-order valence-corrected chi connectivity index (χ2v) is 12.3. The number of carbonyl (C=O) groups is 10. The van der Waals surface area contributed by atoms with E-state index in [1.165, 1.54) is 72.8 Å². The van der Waals surface area contributed by atoms with Gasteiger partial charge in [0, 0.05) is 22.3 Å². The van der Waals surface area contributed by atoms with Gasteiger partial charge in [-0.25, -0.2) is 38.4 Å².